The van der Waals surface area contributed by atoms with E-state index in [9.17, 15) is 9.59 Å². The molecule has 7 nitrogen and oxygen atoms in total. The molecule has 4 aromatic rings. The summed E-state index contributed by atoms with van der Waals surface area (Å²) in [5.41, 5.74) is 1.87. The number of benzene rings is 2. The first kappa shape index (κ1) is 20.1. The lowest BCUT2D eigenvalue weighted by atomic mass is 9.96. The summed E-state index contributed by atoms with van der Waals surface area (Å²) < 4.78 is 2.30. The highest BCUT2D eigenvalue weighted by atomic mass is 16.2. The van der Waals surface area contributed by atoms with Gasteiger partial charge in [-0.25, -0.2) is 0 Å². The summed E-state index contributed by atoms with van der Waals surface area (Å²) >= 11 is 0. The number of rotatable bonds is 2. The van der Waals surface area contributed by atoms with Crippen LogP contribution in [0.2, 0.25) is 0 Å². The van der Waals surface area contributed by atoms with Crippen LogP contribution in [0.3, 0.4) is 0 Å². The third-order valence-corrected chi connectivity index (χ3v) is 7.18. The Balaban J connectivity index is 1.35. The molecule has 0 radical (unpaired) electrons. The van der Waals surface area contributed by atoms with Crippen LogP contribution in [0.1, 0.15) is 60.0 Å². The Hall–Kier alpha value is -3.48. The minimum atomic E-state index is -0.0447. The number of amides is 1. The standard InChI is InChI=1S/C26H27N5O2/c32-24-18-9-3-4-12-21(18)27-23-19(24)10-6-11-20(23)26(33)30-14-7-8-17(16-30)25-29-28-22-13-2-1-5-15-31(22)25/h3-4,6,9-12,17H,1-2,5,7-8,13-16H2,(H,27,32). The number of H-pyrrole nitrogens is 1. The Morgan fingerprint density at radius 3 is 2.76 bits per heavy atom. The summed E-state index contributed by atoms with van der Waals surface area (Å²) in [6.45, 7) is 2.31. The van der Waals surface area contributed by atoms with Crippen molar-refractivity contribution in [3.8, 4) is 0 Å². The molecule has 2 aliphatic heterocycles. The van der Waals surface area contributed by atoms with Crippen LogP contribution in [-0.4, -0.2) is 43.6 Å². The minimum Gasteiger partial charge on any atom is -0.354 e. The van der Waals surface area contributed by atoms with Crippen LogP contribution in [0.25, 0.3) is 21.8 Å². The van der Waals surface area contributed by atoms with Crippen molar-refractivity contribution in [2.75, 3.05) is 13.1 Å². The van der Waals surface area contributed by atoms with Crippen LogP contribution in [0.4, 0.5) is 0 Å². The van der Waals surface area contributed by atoms with E-state index in [4.69, 9.17) is 0 Å². The van der Waals surface area contributed by atoms with E-state index in [0.717, 1.165) is 49.4 Å². The highest BCUT2D eigenvalue weighted by Gasteiger charge is 2.30. The van der Waals surface area contributed by atoms with Gasteiger partial charge < -0.3 is 14.5 Å². The highest BCUT2D eigenvalue weighted by Crippen LogP contribution is 2.29. The van der Waals surface area contributed by atoms with Crippen molar-refractivity contribution in [3.05, 3.63) is 69.9 Å². The number of aryl methyl sites for hydroxylation is 1. The summed E-state index contributed by atoms with van der Waals surface area (Å²) in [5, 5.41) is 10.2. The van der Waals surface area contributed by atoms with Crippen LogP contribution in [0, 0.1) is 0 Å². The van der Waals surface area contributed by atoms with Crippen LogP contribution in [0.5, 0.6) is 0 Å². The SMILES string of the molecule is O=C(c1cccc2c(=O)c3ccccc3[nH]c12)N1CCCC(c2nnc3n2CCCCC3)C1. The Kier molecular flexibility index (Phi) is 4.97. The number of piperidine rings is 1. The zero-order valence-electron chi connectivity index (χ0n) is 18.6. The smallest absolute Gasteiger partial charge is 0.256 e. The zero-order valence-corrected chi connectivity index (χ0v) is 18.6. The average Bonchev–Trinajstić information content (AvgIpc) is 3.12. The van der Waals surface area contributed by atoms with E-state index in [2.05, 4.69) is 19.7 Å². The van der Waals surface area contributed by atoms with E-state index in [-0.39, 0.29) is 17.3 Å². The van der Waals surface area contributed by atoms with Gasteiger partial charge in [0, 0.05) is 48.3 Å². The third-order valence-electron chi connectivity index (χ3n) is 7.18. The number of hydrogen-bond donors (Lipinski definition) is 1. The number of nitrogens with zero attached hydrogens (tertiary/aromatic N) is 4. The second kappa shape index (κ2) is 8.14. The maximum absolute atomic E-state index is 13.7. The van der Waals surface area contributed by atoms with E-state index in [1.807, 2.05) is 35.2 Å². The van der Waals surface area contributed by atoms with Gasteiger partial charge >= 0.3 is 0 Å². The Bertz CT molecular complexity index is 1420. The molecule has 1 atom stereocenters. The lowest BCUT2D eigenvalue weighted by Gasteiger charge is -2.32. The summed E-state index contributed by atoms with van der Waals surface area (Å²) in [6.07, 6.45) is 6.49. The first-order chi connectivity index (χ1) is 16.2. The molecule has 2 aromatic heterocycles. The molecular weight excluding hydrogens is 414 g/mol. The van der Waals surface area contributed by atoms with Gasteiger partial charge in [-0.3, -0.25) is 9.59 Å². The molecule has 4 heterocycles. The molecular formula is C26H27N5O2. The predicted molar refractivity (Wildman–Crippen MR) is 128 cm³/mol. The van der Waals surface area contributed by atoms with Gasteiger partial charge in [-0.2, -0.15) is 0 Å². The quantitative estimate of drug-likeness (QED) is 0.476. The van der Waals surface area contributed by atoms with Crippen LogP contribution in [-0.2, 0) is 13.0 Å². The van der Waals surface area contributed by atoms with Crippen molar-refractivity contribution in [1.82, 2.24) is 24.6 Å². The second-order valence-corrected chi connectivity index (χ2v) is 9.25. The number of pyridine rings is 1. The molecule has 6 rings (SSSR count). The van der Waals surface area contributed by atoms with Crippen molar-refractivity contribution < 1.29 is 4.79 Å². The van der Waals surface area contributed by atoms with Crippen LogP contribution >= 0.6 is 0 Å². The zero-order chi connectivity index (χ0) is 22.4. The maximum atomic E-state index is 13.7. The van der Waals surface area contributed by atoms with Crippen molar-refractivity contribution in [1.29, 1.82) is 0 Å². The molecule has 168 valence electrons. The number of carbonyl (C=O) groups is 1. The van der Waals surface area contributed by atoms with Crippen molar-refractivity contribution in [2.24, 2.45) is 0 Å². The van der Waals surface area contributed by atoms with Gasteiger partial charge in [0.15, 0.2) is 5.43 Å². The van der Waals surface area contributed by atoms with Gasteiger partial charge in [-0.05, 0) is 49.9 Å². The fraction of sp³-hybridized carbons (Fsp3) is 0.385. The molecule has 1 saturated heterocycles. The molecule has 1 N–H and O–H groups in total. The first-order valence-corrected chi connectivity index (χ1v) is 12.0. The number of hydrogen-bond acceptors (Lipinski definition) is 4. The Labute approximate surface area is 191 Å². The van der Waals surface area contributed by atoms with Crippen LogP contribution in [0.15, 0.2) is 47.3 Å². The number of fused-ring (bicyclic) bond motifs is 3. The molecule has 0 saturated carbocycles. The first-order valence-electron chi connectivity index (χ1n) is 12.0. The lowest BCUT2D eigenvalue weighted by molar-refractivity contribution is 0.0705. The van der Waals surface area contributed by atoms with Gasteiger partial charge in [-0.15, -0.1) is 10.2 Å². The molecule has 1 unspecified atom stereocenters. The molecule has 1 fully saturated rings. The predicted octanol–water partition coefficient (Wildman–Crippen LogP) is 4.02. The summed E-state index contributed by atoms with van der Waals surface area (Å²) in [7, 11) is 0. The summed E-state index contributed by atoms with van der Waals surface area (Å²) in [4.78, 5) is 32.0. The lowest BCUT2D eigenvalue weighted by Crippen LogP contribution is -2.40. The fourth-order valence-electron chi connectivity index (χ4n) is 5.48. The van der Waals surface area contributed by atoms with Crippen molar-refractivity contribution >= 4 is 27.7 Å². The molecule has 0 bridgehead atoms. The van der Waals surface area contributed by atoms with E-state index in [1.54, 1.807) is 12.1 Å². The van der Waals surface area contributed by atoms with E-state index >= 15 is 0 Å². The molecule has 2 aliphatic rings. The summed E-state index contributed by atoms with van der Waals surface area (Å²) in [5.74, 6) is 2.27. The maximum Gasteiger partial charge on any atom is 0.256 e. The summed E-state index contributed by atoms with van der Waals surface area (Å²) in [6, 6.07) is 12.9. The Morgan fingerprint density at radius 1 is 0.939 bits per heavy atom. The normalized spacial score (nSPS) is 18.9. The number of carbonyl (C=O) groups excluding carboxylic acids is 1. The largest absolute Gasteiger partial charge is 0.354 e. The molecule has 33 heavy (non-hydrogen) atoms. The number of likely N-dealkylation sites (tertiary alicyclic amines) is 1. The van der Waals surface area contributed by atoms with Gasteiger partial charge in [0.2, 0.25) is 0 Å². The molecule has 7 heteroatoms. The molecule has 2 aromatic carbocycles. The number of nitrogens with one attached hydrogen (secondary N) is 1. The monoisotopic (exact) mass is 441 g/mol. The Morgan fingerprint density at radius 2 is 1.82 bits per heavy atom. The van der Waals surface area contributed by atoms with Gasteiger partial charge in [0.1, 0.15) is 11.6 Å². The minimum absolute atomic E-state index is 0.0353. The fourth-order valence-corrected chi connectivity index (χ4v) is 5.48. The van der Waals surface area contributed by atoms with Crippen molar-refractivity contribution in [3.63, 3.8) is 0 Å². The number of aromatic amines is 1. The van der Waals surface area contributed by atoms with E-state index < -0.39 is 0 Å². The molecule has 1 amide bonds. The number of aromatic nitrogens is 4. The van der Waals surface area contributed by atoms with Gasteiger partial charge in [-0.1, -0.05) is 24.6 Å². The molecule has 0 aliphatic carbocycles. The van der Waals surface area contributed by atoms with Gasteiger partial charge in [0.05, 0.1) is 11.1 Å². The highest BCUT2D eigenvalue weighted by molar-refractivity contribution is 6.07. The van der Waals surface area contributed by atoms with Crippen molar-refractivity contribution in [2.45, 2.75) is 51.0 Å². The average molecular weight is 442 g/mol. The molecule has 0 spiro atoms. The second-order valence-electron chi connectivity index (χ2n) is 9.25. The third kappa shape index (κ3) is 3.43. The topological polar surface area (TPSA) is 83.9 Å². The number of para-hydroxylation sites is 2. The van der Waals surface area contributed by atoms with E-state index in [0.29, 0.717) is 34.9 Å². The van der Waals surface area contributed by atoms with E-state index in [1.165, 1.54) is 12.8 Å². The van der Waals surface area contributed by atoms with Crippen LogP contribution < -0.4 is 5.43 Å². The van der Waals surface area contributed by atoms with Gasteiger partial charge in [0.25, 0.3) is 5.91 Å².